The first kappa shape index (κ1) is 11.2. The highest BCUT2D eigenvalue weighted by Gasteiger charge is 2.01. The molecule has 1 aromatic heterocycles. The predicted molar refractivity (Wildman–Crippen MR) is 68.0 cm³/mol. The van der Waals surface area contributed by atoms with Crippen LogP contribution in [-0.4, -0.2) is 11.1 Å². The SMILES string of the molecule is C=CC(N)Nc1cccc(Nc2ncco2)c1. The molecule has 0 fully saturated rings. The van der Waals surface area contributed by atoms with E-state index in [1.165, 1.54) is 6.26 Å². The van der Waals surface area contributed by atoms with E-state index in [9.17, 15) is 0 Å². The Balaban J connectivity index is 2.08. The summed E-state index contributed by atoms with van der Waals surface area (Å²) in [5, 5.41) is 6.11. The lowest BCUT2D eigenvalue weighted by molar-refractivity contribution is 0.578. The number of aromatic nitrogens is 1. The monoisotopic (exact) mass is 230 g/mol. The third-order valence-corrected chi connectivity index (χ3v) is 2.13. The maximum absolute atomic E-state index is 5.71. The van der Waals surface area contributed by atoms with Crippen molar-refractivity contribution in [2.24, 2.45) is 5.73 Å². The molecule has 1 unspecified atom stereocenters. The maximum atomic E-state index is 5.71. The molecule has 0 amide bonds. The van der Waals surface area contributed by atoms with Crippen LogP contribution in [0.4, 0.5) is 17.4 Å². The number of hydrogen-bond donors (Lipinski definition) is 3. The summed E-state index contributed by atoms with van der Waals surface area (Å²) in [7, 11) is 0. The van der Waals surface area contributed by atoms with E-state index in [1.807, 2.05) is 24.3 Å². The van der Waals surface area contributed by atoms with Crippen molar-refractivity contribution < 1.29 is 4.42 Å². The number of nitrogens with two attached hydrogens (primary N) is 1. The molecule has 0 spiro atoms. The van der Waals surface area contributed by atoms with Gasteiger partial charge in [-0.2, -0.15) is 0 Å². The lowest BCUT2D eigenvalue weighted by atomic mass is 10.2. The molecular weight excluding hydrogens is 216 g/mol. The molecule has 0 aliphatic heterocycles. The molecule has 1 heterocycles. The number of rotatable bonds is 5. The van der Waals surface area contributed by atoms with Crippen LogP contribution in [0, 0.1) is 0 Å². The van der Waals surface area contributed by atoms with E-state index in [4.69, 9.17) is 10.2 Å². The van der Waals surface area contributed by atoms with Crippen molar-refractivity contribution in [1.29, 1.82) is 0 Å². The first-order chi connectivity index (χ1) is 8.28. The molecule has 1 aromatic carbocycles. The molecular formula is C12H14N4O. The van der Waals surface area contributed by atoms with E-state index in [0.29, 0.717) is 6.01 Å². The van der Waals surface area contributed by atoms with Gasteiger partial charge >= 0.3 is 0 Å². The molecule has 0 bridgehead atoms. The number of anilines is 3. The molecule has 0 aliphatic carbocycles. The van der Waals surface area contributed by atoms with Crippen molar-refractivity contribution in [3.63, 3.8) is 0 Å². The van der Waals surface area contributed by atoms with Crippen LogP contribution in [0.1, 0.15) is 0 Å². The quantitative estimate of drug-likeness (QED) is 0.542. The van der Waals surface area contributed by atoms with Crippen LogP contribution in [0.15, 0.2) is 53.8 Å². The molecule has 0 saturated carbocycles. The van der Waals surface area contributed by atoms with Gasteiger partial charge in [-0.05, 0) is 18.2 Å². The molecule has 5 nitrogen and oxygen atoms in total. The summed E-state index contributed by atoms with van der Waals surface area (Å²) in [6.07, 6.45) is 4.46. The summed E-state index contributed by atoms with van der Waals surface area (Å²) in [5.41, 5.74) is 7.48. The fourth-order valence-electron chi connectivity index (χ4n) is 1.35. The van der Waals surface area contributed by atoms with E-state index in [-0.39, 0.29) is 6.17 Å². The summed E-state index contributed by atoms with van der Waals surface area (Å²) >= 11 is 0. The number of hydrogen-bond acceptors (Lipinski definition) is 5. The first-order valence-corrected chi connectivity index (χ1v) is 5.19. The largest absolute Gasteiger partial charge is 0.432 e. The second-order valence-electron chi connectivity index (χ2n) is 3.45. The van der Waals surface area contributed by atoms with Crippen molar-refractivity contribution in [2.45, 2.75) is 6.17 Å². The van der Waals surface area contributed by atoms with E-state index in [2.05, 4.69) is 22.2 Å². The van der Waals surface area contributed by atoms with Crippen molar-refractivity contribution in [3.8, 4) is 0 Å². The van der Waals surface area contributed by atoms with Gasteiger partial charge in [0, 0.05) is 11.4 Å². The van der Waals surface area contributed by atoms with Crippen LogP contribution in [0.3, 0.4) is 0 Å². The second-order valence-corrected chi connectivity index (χ2v) is 3.45. The molecule has 0 aliphatic rings. The standard InChI is InChI=1S/C12H14N4O/c1-2-11(13)15-9-4-3-5-10(8-9)16-12-14-6-7-17-12/h2-8,11,15H,1,13H2,(H,14,16). The van der Waals surface area contributed by atoms with Crippen molar-refractivity contribution in [1.82, 2.24) is 4.98 Å². The molecule has 88 valence electrons. The minimum Gasteiger partial charge on any atom is -0.432 e. The van der Waals surface area contributed by atoms with Gasteiger partial charge in [-0.15, -0.1) is 0 Å². The summed E-state index contributed by atoms with van der Waals surface area (Å²) in [6, 6.07) is 8.10. The third kappa shape index (κ3) is 3.09. The maximum Gasteiger partial charge on any atom is 0.299 e. The van der Waals surface area contributed by atoms with Gasteiger partial charge in [0.1, 0.15) is 6.26 Å². The average Bonchev–Trinajstić information content (AvgIpc) is 2.82. The molecule has 4 N–H and O–H groups in total. The van der Waals surface area contributed by atoms with Crippen LogP contribution >= 0.6 is 0 Å². The predicted octanol–water partition coefficient (Wildman–Crippen LogP) is 2.30. The fraction of sp³-hybridized carbons (Fsp3) is 0.0833. The number of nitrogens with one attached hydrogen (secondary N) is 2. The number of oxazole rings is 1. The van der Waals surface area contributed by atoms with E-state index < -0.39 is 0 Å². The van der Waals surface area contributed by atoms with Gasteiger partial charge in [0.2, 0.25) is 0 Å². The van der Waals surface area contributed by atoms with E-state index in [1.54, 1.807) is 12.3 Å². The number of benzene rings is 1. The van der Waals surface area contributed by atoms with Gasteiger partial charge < -0.3 is 20.8 Å². The Hall–Kier alpha value is -2.27. The molecule has 2 aromatic rings. The summed E-state index contributed by atoms with van der Waals surface area (Å²) in [6.45, 7) is 3.61. The van der Waals surface area contributed by atoms with Crippen LogP contribution in [0.5, 0.6) is 0 Å². The second kappa shape index (κ2) is 5.18. The Labute approximate surface area is 99.3 Å². The Morgan fingerprint density at radius 2 is 2.24 bits per heavy atom. The zero-order chi connectivity index (χ0) is 12.1. The topological polar surface area (TPSA) is 76.1 Å². The summed E-state index contributed by atoms with van der Waals surface area (Å²) in [4.78, 5) is 3.98. The lowest BCUT2D eigenvalue weighted by Gasteiger charge is -2.11. The minimum absolute atomic E-state index is 0.271. The van der Waals surface area contributed by atoms with Gasteiger partial charge in [-0.1, -0.05) is 18.7 Å². The van der Waals surface area contributed by atoms with Crippen LogP contribution in [-0.2, 0) is 0 Å². The van der Waals surface area contributed by atoms with Gasteiger partial charge in [0.05, 0.1) is 12.4 Å². The van der Waals surface area contributed by atoms with E-state index in [0.717, 1.165) is 11.4 Å². The fourth-order valence-corrected chi connectivity index (χ4v) is 1.35. The Bertz CT molecular complexity index is 481. The van der Waals surface area contributed by atoms with Gasteiger partial charge in [0.25, 0.3) is 6.01 Å². The van der Waals surface area contributed by atoms with Gasteiger partial charge in [0.15, 0.2) is 0 Å². The average molecular weight is 230 g/mol. The summed E-state index contributed by atoms with van der Waals surface area (Å²) < 4.78 is 5.10. The van der Waals surface area contributed by atoms with Crippen molar-refractivity contribution in [3.05, 3.63) is 49.4 Å². The zero-order valence-electron chi connectivity index (χ0n) is 9.26. The third-order valence-electron chi connectivity index (χ3n) is 2.13. The Morgan fingerprint density at radius 3 is 2.94 bits per heavy atom. The van der Waals surface area contributed by atoms with E-state index >= 15 is 0 Å². The van der Waals surface area contributed by atoms with Gasteiger partial charge in [-0.3, -0.25) is 0 Å². The smallest absolute Gasteiger partial charge is 0.299 e. The highest BCUT2D eigenvalue weighted by Crippen LogP contribution is 2.19. The number of nitrogens with zero attached hydrogens (tertiary/aromatic N) is 1. The molecule has 1 atom stereocenters. The van der Waals surface area contributed by atoms with Crippen molar-refractivity contribution in [2.75, 3.05) is 10.6 Å². The Kier molecular flexibility index (Phi) is 3.42. The molecule has 2 rings (SSSR count). The Morgan fingerprint density at radius 1 is 1.41 bits per heavy atom. The molecule has 0 radical (unpaired) electrons. The summed E-state index contributed by atoms with van der Waals surface area (Å²) in [5.74, 6) is 0. The van der Waals surface area contributed by atoms with Crippen LogP contribution in [0.25, 0.3) is 0 Å². The minimum atomic E-state index is -0.271. The normalized spacial score (nSPS) is 11.8. The zero-order valence-corrected chi connectivity index (χ0v) is 9.26. The lowest BCUT2D eigenvalue weighted by Crippen LogP contribution is -2.26. The van der Waals surface area contributed by atoms with Crippen LogP contribution < -0.4 is 16.4 Å². The van der Waals surface area contributed by atoms with Gasteiger partial charge in [-0.25, -0.2) is 4.98 Å². The molecule has 17 heavy (non-hydrogen) atoms. The molecule has 0 saturated heterocycles. The van der Waals surface area contributed by atoms with Crippen molar-refractivity contribution >= 4 is 17.4 Å². The highest BCUT2D eigenvalue weighted by molar-refractivity contribution is 5.60. The molecule has 5 heteroatoms. The highest BCUT2D eigenvalue weighted by atomic mass is 16.4. The first-order valence-electron chi connectivity index (χ1n) is 5.19. The van der Waals surface area contributed by atoms with Crippen LogP contribution in [0.2, 0.25) is 0 Å².